The number of rotatable bonds is 2. The second-order valence-electron chi connectivity index (χ2n) is 3.55. The van der Waals surface area contributed by atoms with Crippen LogP contribution in [-0.4, -0.2) is 9.55 Å². The molecular formula is C12H11FN2O2. The molecule has 5 heteroatoms. The fourth-order valence-electron chi connectivity index (χ4n) is 1.73. The minimum atomic E-state index is -0.530. The van der Waals surface area contributed by atoms with E-state index in [1.165, 1.54) is 22.8 Å². The molecule has 2 rings (SSSR count). The Morgan fingerprint density at radius 3 is 2.65 bits per heavy atom. The van der Waals surface area contributed by atoms with Gasteiger partial charge in [0.15, 0.2) is 0 Å². The van der Waals surface area contributed by atoms with E-state index in [0.717, 1.165) is 0 Å². The average Bonchev–Trinajstić information content (AvgIpc) is 2.28. The summed E-state index contributed by atoms with van der Waals surface area (Å²) in [5.41, 5.74) is -0.520. The minimum Gasteiger partial charge on any atom is -0.294 e. The third-order valence-corrected chi connectivity index (χ3v) is 2.50. The molecule has 0 saturated carbocycles. The van der Waals surface area contributed by atoms with Gasteiger partial charge in [0.1, 0.15) is 5.82 Å². The average molecular weight is 234 g/mol. The van der Waals surface area contributed by atoms with E-state index in [0.29, 0.717) is 12.2 Å². The van der Waals surface area contributed by atoms with Crippen molar-refractivity contribution in [2.45, 2.75) is 13.5 Å². The van der Waals surface area contributed by atoms with Crippen molar-refractivity contribution in [2.24, 2.45) is 0 Å². The lowest BCUT2D eigenvalue weighted by Crippen LogP contribution is -2.30. The second-order valence-corrected chi connectivity index (χ2v) is 3.55. The summed E-state index contributed by atoms with van der Waals surface area (Å²) < 4.78 is 14.9. The van der Waals surface area contributed by atoms with Crippen molar-refractivity contribution in [3.63, 3.8) is 0 Å². The predicted octanol–water partition coefficient (Wildman–Crippen LogP) is 1.36. The second kappa shape index (κ2) is 4.37. The highest BCUT2D eigenvalue weighted by Gasteiger charge is 2.10. The van der Waals surface area contributed by atoms with Gasteiger partial charge in [0, 0.05) is 18.2 Å². The summed E-state index contributed by atoms with van der Waals surface area (Å²) in [6.45, 7) is 2.11. The zero-order valence-electron chi connectivity index (χ0n) is 9.24. The smallest absolute Gasteiger partial charge is 0.294 e. The van der Waals surface area contributed by atoms with Crippen LogP contribution < -0.4 is 11.2 Å². The van der Waals surface area contributed by atoms with Crippen LogP contribution >= 0.6 is 0 Å². The van der Waals surface area contributed by atoms with Gasteiger partial charge in [-0.15, -0.1) is 0 Å². The van der Waals surface area contributed by atoms with Crippen molar-refractivity contribution in [1.82, 2.24) is 9.55 Å². The molecule has 0 aliphatic carbocycles. The van der Waals surface area contributed by atoms with Crippen LogP contribution in [0.2, 0.25) is 0 Å². The zero-order chi connectivity index (χ0) is 12.4. The van der Waals surface area contributed by atoms with Gasteiger partial charge in [0.05, 0.1) is 5.69 Å². The molecule has 0 atom stereocenters. The number of nitrogens with one attached hydrogen (secondary N) is 1. The number of aromatic amines is 1. The van der Waals surface area contributed by atoms with E-state index in [9.17, 15) is 14.0 Å². The summed E-state index contributed by atoms with van der Waals surface area (Å²) in [4.78, 5) is 25.0. The third-order valence-electron chi connectivity index (χ3n) is 2.50. The highest BCUT2D eigenvalue weighted by Crippen LogP contribution is 2.19. The van der Waals surface area contributed by atoms with Gasteiger partial charge in [-0.2, -0.15) is 0 Å². The van der Waals surface area contributed by atoms with Crippen molar-refractivity contribution in [1.29, 1.82) is 0 Å². The molecule has 4 nitrogen and oxygen atoms in total. The van der Waals surface area contributed by atoms with Gasteiger partial charge >= 0.3 is 5.69 Å². The quantitative estimate of drug-likeness (QED) is 0.853. The topological polar surface area (TPSA) is 54.9 Å². The Labute approximate surface area is 96.4 Å². The maximum atomic E-state index is 13.6. The Balaban J connectivity index is 2.80. The van der Waals surface area contributed by atoms with Gasteiger partial charge in [-0.05, 0) is 19.1 Å². The van der Waals surface area contributed by atoms with Crippen LogP contribution in [0.4, 0.5) is 4.39 Å². The minimum absolute atomic E-state index is 0.248. The molecular weight excluding hydrogens is 223 g/mol. The monoisotopic (exact) mass is 234 g/mol. The Morgan fingerprint density at radius 2 is 2.00 bits per heavy atom. The number of hydrogen-bond acceptors (Lipinski definition) is 2. The summed E-state index contributed by atoms with van der Waals surface area (Å²) in [5.74, 6) is -0.459. The van der Waals surface area contributed by atoms with Gasteiger partial charge in [0.25, 0.3) is 5.56 Å². The van der Waals surface area contributed by atoms with Gasteiger partial charge in [-0.25, -0.2) is 9.18 Å². The standard InChI is InChI=1S/C12H11FN2O2/c1-2-15-10(7-11(16)14-12(15)17)8-5-3-4-6-9(8)13/h3-7H,2H2,1H3,(H,14,16,17). The summed E-state index contributed by atoms with van der Waals surface area (Å²) in [6, 6.07) is 7.27. The predicted molar refractivity (Wildman–Crippen MR) is 62.4 cm³/mol. The third kappa shape index (κ3) is 2.04. The Hall–Kier alpha value is -2.17. The molecule has 0 fully saturated rings. The molecule has 0 spiro atoms. The first-order valence-electron chi connectivity index (χ1n) is 5.22. The number of benzene rings is 1. The lowest BCUT2D eigenvalue weighted by Gasteiger charge is -2.10. The summed E-state index contributed by atoms with van der Waals surface area (Å²) in [7, 11) is 0. The molecule has 88 valence electrons. The number of H-pyrrole nitrogens is 1. The molecule has 1 aromatic heterocycles. The number of hydrogen-bond donors (Lipinski definition) is 1. The van der Waals surface area contributed by atoms with Crippen molar-refractivity contribution in [3.05, 3.63) is 57.0 Å². The first-order valence-corrected chi connectivity index (χ1v) is 5.22. The van der Waals surface area contributed by atoms with E-state index in [-0.39, 0.29) is 5.56 Å². The normalized spacial score (nSPS) is 10.5. The summed E-state index contributed by atoms with van der Waals surface area (Å²) >= 11 is 0. The Kier molecular flexibility index (Phi) is 2.91. The van der Waals surface area contributed by atoms with Crippen LogP contribution in [0.3, 0.4) is 0 Å². The number of aromatic nitrogens is 2. The van der Waals surface area contributed by atoms with E-state index in [4.69, 9.17) is 0 Å². The highest BCUT2D eigenvalue weighted by atomic mass is 19.1. The lowest BCUT2D eigenvalue weighted by molar-refractivity contribution is 0.625. The molecule has 0 amide bonds. The van der Waals surface area contributed by atoms with Gasteiger partial charge < -0.3 is 0 Å². The molecule has 0 radical (unpaired) electrons. The van der Waals surface area contributed by atoms with E-state index < -0.39 is 17.1 Å². The van der Waals surface area contributed by atoms with Crippen LogP contribution in [-0.2, 0) is 6.54 Å². The van der Waals surface area contributed by atoms with Crippen LogP contribution in [0.5, 0.6) is 0 Å². The van der Waals surface area contributed by atoms with E-state index in [1.807, 2.05) is 0 Å². The van der Waals surface area contributed by atoms with E-state index >= 15 is 0 Å². The first kappa shape index (κ1) is 11.3. The molecule has 0 unspecified atom stereocenters. The van der Waals surface area contributed by atoms with Gasteiger partial charge in [-0.1, -0.05) is 12.1 Å². The summed E-state index contributed by atoms with van der Waals surface area (Å²) in [5, 5.41) is 0. The highest BCUT2D eigenvalue weighted by molar-refractivity contribution is 5.59. The maximum Gasteiger partial charge on any atom is 0.328 e. The van der Waals surface area contributed by atoms with Crippen LogP contribution in [0.25, 0.3) is 11.3 Å². The maximum absolute atomic E-state index is 13.6. The molecule has 1 aromatic carbocycles. The molecule has 0 saturated heterocycles. The molecule has 17 heavy (non-hydrogen) atoms. The van der Waals surface area contributed by atoms with Crippen molar-refractivity contribution in [2.75, 3.05) is 0 Å². The fourth-order valence-corrected chi connectivity index (χ4v) is 1.73. The Bertz CT molecular complexity index is 658. The molecule has 0 bridgehead atoms. The number of nitrogens with zero attached hydrogens (tertiary/aromatic N) is 1. The van der Waals surface area contributed by atoms with Crippen molar-refractivity contribution < 1.29 is 4.39 Å². The summed E-state index contributed by atoms with van der Waals surface area (Å²) in [6.07, 6.45) is 0. The Morgan fingerprint density at radius 1 is 1.29 bits per heavy atom. The van der Waals surface area contributed by atoms with E-state index in [2.05, 4.69) is 4.98 Å². The lowest BCUT2D eigenvalue weighted by atomic mass is 10.1. The SMILES string of the molecule is CCn1c(-c2ccccc2F)cc(=O)[nH]c1=O. The van der Waals surface area contributed by atoms with Crippen LogP contribution in [0.15, 0.2) is 39.9 Å². The molecule has 0 aliphatic heterocycles. The van der Waals surface area contributed by atoms with Crippen molar-refractivity contribution >= 4 is 0 Å². The zero-order valence-corrected chi connectivity index (χ0v) is 9.24. The van der Waals surface area contributed by atoms with Crippen LogP contribution in [0.1, 0.15) is 6.92 Å². The molecule has 2 aromatic rings. The largest absolute Gasteiger partial charge is 0.328 e. The van der Waals surface area contributed by atoms with E-state index in [1.54, 1.807) is 19.1 Å². The molecule has 1 N–H and O–H groups in total. The van der Waals surface area contributed by atoms with Crippen molar-refractivity contribution in [3.8, 4) is 11.3 Å². The van der Waals surface area contributed by atoms with Gasteiger partial charge in [-0.3, -0.25) is 14.3 Å². The number of halogens is 1. The molecule has 0 aliphatic rings. The molecule has 1 heterocycles. The van der Waals surface area contributed by atoms with Crippen LogP contribution in [0, 0.1) is 5.82 Å². The van der Waals surface area contributed by atoms with Gasteiger partial charge in [0.2, 0.25) is 0 Å². The first-order chi connectivity index (χ1) is 8.13. The fraction of sp³-hybridized carbons (Fsp3) is 0.167.